The van der Waals surface area contributed by atoms with E-state index in [9.17, 15) is 4.79 Å². The van der Waals surface area contributed by atoms with Gasteiger partial charge in [-0.05, 0) is 36.3 Å². The van der Waals surface area contributed by atoms with Crippen LogP contribution >= 0.6 is 0 Å². The number of carbonyl (C=O) groups excluding carboxylic acids is 1. The number of rotatable bonds is 5. The molecule has 0 radical (unpaired) electrons. The molecule has 1 unspecified atom stereocenters. The van der Waals surface area contributed by atoms with Gasteiger partial charge < -0.3 is 5.32 Å². The fourth-order valence-corrected chi connectivity index (χ4v) is 3.29. The summed E-state index contributed by atoms with van der Waals surface area (Å²) in [5.41, 5.74) is 4.25. The van der Waals surface area contributed by atoms with E-state index in [1.165, 1.54) is 11.6 Å². The second kappa shape index (κ2) is 7.55. The van der Waals surface area contributed by atoms with Gasteiger partial charge in [-0.25, -0.2) is 0 Å². The highest BCUT2D eigenvalue weighted by atomic mass is 16.1. The average molecular weight is 359 g/mol. The zero-order chi connectivity index (χ0) is 18.6. The molecule has 1 aromatic carbocycles. The molecule has 1 atom stereocenters. The number of amides is 1. The number of pyridine rings is 1. The summed E-state index contributed by atoms with van der Waals surface area (Å²) in [5.74, 6) is 0.491. The average Bonchev–Trinajstić information content (AvgIpc) is 3.29. The molecular weight excluding hydrogens is 338 g/mol. The third-order valence-electron chi connectivity index (χ3n) is 4.88. The molecule has 1 aliphatic rings. The molecule has 0 aliphatic carbocycles. The quantitative estimate of drug-likeness (QED) is 0.684. The van der Waals surface area contributed by atoms with Gasteiger partial charge in [0.25, 0.3) is 0 Å². The van der Waals surface area contributed by atoms with Gasteiger partial charge in [0, 0.05) is 43.2 Å². The van der Waals surface area contributed by atoms with Crippen LogP contribution in [0.4, 0.5) is 5.82 Å². The molecule has 2 aromatic heterocycles. The van der Waals surface area contributed by atoms with Crippen molar-refractivity contribution in [1.29, 1.82) is 0 Å². The highest BCUT2D eigenvalue weighted by Gasteiger charge is 2.29. The Morgan fingerprint density at radius 3 is 2.74 bits per heavy atom. The van der Waals surface area contributed by atoms with E-state index < -0.39 is 0 Å². The first kappa shape index (κ1) is 17.2. The van der Waals surface area contributed by atoms with E-state index in [0.717, 1.165) is 29.9 Å². The van der Waals surface area contributed by atoms with Crippen LogP contribution in [0.25, 0.3) is 6.08 Å². The highest BCUT2D eigenvalue weighted by molar-refractivity contribution is 6.01. The molecule has 3 aromatic rings. The Balaban J connectivity index is 1.42. The number of nitrogens with zero attached hydrogens (tertiary/aromatic N) is 3. The van der Waals surface area contributed by atoms with Crippen LogP contribution in [-0.2, 0) is 17.9 Å². The highest BCUT2D eigenvalue weighted by Crippen LogP contribution is 2.33. The maximum absolute atomic E-state index is 12.2. The Labute approximate surface area is 157 Å². The second-order valence-corrected chi connectivity index (χ2v) is 6.62. The summed E-state index contributed by atoms with van der Waals surface area (Å²) in [4.78, 5) is 18.6. The van der Waals surface area contributed by atoms with E-state index in [1.807, 2.05) is 18.2 Å². The number of hydrogen-bond donors (Lipinski definition) is 2. The van der Waals surface area contributed by atoms with Gasteiger partial charge in [0.05, 0.1) is 5.69 Å². The number of H-pyrrole nitrogens is 1. The van der Waals surface area contributed by atoms with Gasteiger partial charge in [-0.15, -0.1) is 0 Å². The van der Waals surface area contributed by atoms with E-state index in [2.05, 4.69) is 56.6 Å². The molecule has 1 amide bonds. The summed E-state index contributed by atoms with van der Waals surface area (Å²) >= 11 is 0. The lowest BCUT2D eigenvalue weighted by molar-refractivity contribution is -0.111. The van der Waals surface area contributed by atoms with E-state index >= 15 is 0 Å². The Morgan fingerprint density at radius 1 is 1.19 bits per heavy atom. The number of carbonyl (C=O) groups is 1. The third kappa shape index (κ3) is 3.80. The molecule has 0 saturated carbocycles. The van der Waals surface area contributed by atoms with Gasteiger partial charge in [-0.3, -0.25) is 19.8 Å². The SMILES string of the molecule is CC(c1ccccc1)N1Cc2n[nH]c(NC(=O)/C=C\c3ccncc3)c2C1. The number of benzene rings is 1. The van der Waals surface area contributed by atoms with Crippen LogP contribution in [-0.4, -0.2) is 26.0 Å². The van der Waals surface area contributed by atoms with Gasteiger partial charge in [0.2, 0.25) is 5.91 Å². The number of aromatic nitrogens is 3. The molecule has 2 N–H and O–H groups in total. The Bertz CT molecular complexity index is 949. The largest absolute Gasteiger partial charge is 0.307 e. The number of fused-ring (bicyclic) bond motifs is 1. The van der Waals surface area contributed by atoms with Gasteiger partial charge in [0.15, 0.2) is 0 Å². The van der Waals surface area contributed by atoms with Crippen molar-refractivity contribution in [3.05, 3.63) is 83.3 Å². The lowest BCUT2D eigenvalue weighted by atomic mass is 10.1. The molecule has 6 nitrogen and oxygen atoms in total. The number of hydrogen-bond acceptors (Lipinski definition) is 4. The number of anilines is 1. The van der Waals surface area contributed by atoms with E-state index in [0.29, 0.717) is 5.82 Å². The molecule has 3 heterocycles. The lowest BCUT2D eigenvalue weighted by Gasteiger charge is -2.24. The molecule has 6 heteroatoms. The van der Waals surface area contributed by atoms with Crippen LogP contribution in [0.15, 0.2) is 60.9 Å². The standard InChI is InChI=1S/C21H21N5O/c1-15(17-5-3-2-4-6-17)26-13-18-19(14-26)24-25-21(18)23-20(27)8-7-16-9-11-22-12-10-16/h2-12,15H,13-14H2,1H3,(H2,23,24,25,27)/b8-7-. The normalized spacial score (nSPS) is 15.0. The van der Waals surface area contributed by atoms with Crippen LogP contribution in [0.2, 0.25) is 0 Å². The Kier molecular flexibility index (Phi) is 4.80. The van der Waals surface area contributed by atoms with Crippen molar-refractivity contribution < 1.29 is 4.79 Å². The summed E-state index contributed by atoms with van der Waals surface area (Å²) < 4.78 is 0. The molecule has 0 spiro atoms. The summed E-state index contributed by atoms with van der Waals surface area (Å²) in [7, 11) is 0. The maximum atomic E-state index is 12.2. The van der Waals surface area contributed by atoms with Crippen molar-refractivity contribution in [3.63, 3.8) is 0 Å². The Hall–Kier alpha value is -3.25. The minimum Gasteiger partial charge on any atom is -0.307 e. The van der Waals surface area contributed by atoms with Crippen molar-refractivity contribution in [1.82, 2.24) is 20.1 Å². The zero-order valence-electron chi connectivity index (χ0n) is 15.1. The van der Waals surface area contributed by atoms with Crippen molar-refractivity contribution >= 4 is 17.8 Å². The smallest absolute Gasteiger partial charge is 0.249 e. The van der Waals surface area contributed by atoms with E-state index in [4.69, 9.17) is 0 Å². The van der Waals surface area contributed by atoms with Gasteiger partial charge >= 0.3 is 0 Å². The molecular formula is C21H21N5O. The van der Waals surface area contributed by atoms with Gasteiger partial charge in [0.1, 0.15) is 5.82 Å². The first-order chi connectivity index (χ1) is 13.2. The van der Waals surface area contributed by atoms with Crippen LogP contribution < -0.4 is 5.32 Å². The van der Waals surface area contributed by atoms with Crippen LogP contribution in [0.1, 0.15) is 35.3 Å². The number of aromatic amines is 1. The number of nitrogens with one attached hydrogen (secondary N) is 2. The first-order valence-electron chi connectivity index (χ1n) is 8.95. The third-order valence-corrected chi connectivity index (χ3v) is 4.88. The topological polar surface area (TPSA) is 73.9 Å². The summed E-state index contributed by atoms with van der Waals surface area (Å²) in [6, 6.07) is 14.4. The predicted octanol–water partition coefficient (Wildman–Crippen LogP) is 3.53. The fourth-order valence-electron chi connectivity index (χ4n) is 3.29. The van der Waals surface area contributed by atoms with Crippen molar-refractivity contribution in [2.75, 3.05) is 5.32 Å². The zero-order valence-corrected chi connectivity index (χ0v) is 15.1. The van der Waals surface area contributed by atoms with Crippen molar-refractivity contribution in [2.24, 2.45) is 0 Å². The fraction of sp³-hybridized carbons (Fsp3) is 0.190. The van der Waals surface area contributed by atoms with E-state index in [1.54, 1.807) is 18.5 Å². The van der Waals surface area contributed by atoms with Crippen molar-refractivity contribution in [2.45, 2.75) is 26.1 Å². The van der Waals surface area contributed by atoms with Crippen LogP contribution in [0.5, 0.6) is 0 Å². The Morgan fingerprint density at radius 2 is 1.96 bits per heavy atom. The summed E-state index contributed by atoms with van der Waals surface area (Å²) in [6.07, 6.45) is 6.67. The predicted molar refractivity (Wildman–Crippen MR) is 105 cm³/mol. The maximum Gasteiger partial charge on any atom is 0.249 e. The first-order valence-corrected chi connectivity index (χ1v) is 8.95. The molecule has 0 fully saturated rings. The minimum atomic E-state index is -0.187. The summed E-state index contributed by atoms with van der Waals surface area (Å²) in [6.45, 7) is 3.72. The van der Waals surface area contributed by atoms with Crippen LogP contribution in [0, 0.1) is 0 Å². The van der Waals surface area contributed by atoms with Crippen LogP contribution in [0.3, 0.4) is 0 Å². The molecule has 27 heavy (non-hydrogen) atoms. The van der Waals surface area contributed by atoms with E-state index in [-0.39, 0.29) is 11.9 Å². The summed E-state index contributed by atoms with van der Waals surface area (Å²) in [5, 5.41) is 10.2. The van der Waals surface area contributed by atoms with Gasteiger partial charge in [-0.2, -0.15) is 5.10 Å². The minimum absolute atomic E-state index is 0.187. The van der Waals surface area contributed by atoms with Gasteiger partial charge in [-0.1, -0.05) is 30.3 Å². The molecule has 0 saturated heterocycles. The molecule has 4 rings (SSSR count). The lowest BCUT2D eigenvalue weighted by Crippen LogP contribution is -2.21. The second-order valence-electron chi connectivity index (χ2n) is 6.62. The van der Waals surface area contributed by atoms with Crippen molar-refractivity contribution in [3.8, 4) is 0 Å². The molecule has 1 aliphatic heterocycles. The molecule has 136 valence electrons. The monoisotopic (exact) mass is 359 g/mol. The molecule has 0 bridgehead atoms.